The fraction of sp³-hybridized carbons (Fsp3) is 0.350. The minimum atomic E-state index is -0.794. The van der Waals surface area contributed by atoms with E-state index >= 15 is 0 Å². The number of urea groups is 2. The third-order valence-electron chi connectivity index (χ3n) is 5.35. The predicted molar refractivity (Wildman–Crippen MR) is 115 cm³/mol. The Morgan fingerprint density at radius 1 is 0.935 bits per heavy atom. The molecule has 0 spiro atoms. The van der Waals surface area contributed by atoms with Crippen LogP contribution in [0.1, 0.15) is 16.8 Å². The van der Waals surface area contributed by atoms with Gasteiger partial charge in [0, 0.05) is 38.9 Å². The first-order chi connectivity index (χ1) is 14.8. The van der Waals surface area contributed by atoms with Crippen LogP contribution in [0.4, 0.5) is 9.59 Å². The van der Waals surface area contributed by atoms with Gasteiger partial charge in [-0.2, -0.15) is 0 Å². The Balaban J connectivity index is 1.56. The summed E-state index contributed by atoms with van der Waals surface area (Å²) in [6.45, 7) is 2.86. The Hall–Kier alpha value is -3.25. The molecule has 11 heteroatoms. The van der Waals surface area contributed by atoms with Crippen LogP contribution in [0.3, 0.4) is 0 Å². The van der Waals surface area contributed by atoms with Gasteiger partial charge < -0.3 is 16.8 Å². The fourth-order valence-corrected chi connectivity index (χ4v) is 3.71. The van der Waals surface area contributed by atoms with E-state index < -0.39 is 24.1 Å². The van der Waals surface area contributed by atoms with Gasteiger partial charge in [0.2, 0.25) is 0 Å². The van der Waals surface area contributed by atoms with Crippen LogP contribution in [-0.2, 0) is 19.6 Å². The molecular formula is C20H29N9O2. The molecule has 4 amide bonds. The monoisotopic (exact) mass is 427 g/mol. The maximum absolute atomic E-state index is 11.5. The number of carbonyl (C=O) groups excluding carboxylic acids is 2. The van der Waals surface area contributed by atoms with Crippen LogP contribution in [0.2, 0.25) is 0 Å². The number of hydrogen-bond acceptors (Lipinski definition) is 7. The zero-order valence-electron chi connectivity index (χ0n) is 17.2. The molecule has 166 valence electrons. The van der Waals surface area contributed by atoms with Gasteiger partial charge in [0.05, 0.1) is 17.8 Å². The van der Waals surface area contributed by atoms with Gasteiger partial charge >= 0.3 is 12.1 Å². The van der Waals surface area contributed by atoms with Gasteiger partial charge in [-0.15, -0.1) is 0 Å². The summed E-state index contributed by atoms with van der Waals surface area (Å²) in [5, 5.41) is 5.18. The highest BCUT2D eigenvalue weighted by atomic mass is 16.2. The minimum absolute atomic E-state index is 0.415. The number of amides is 4. The lowest BCUT2D eigenvalue weighted by atomic mass is 10.1. The molecule has 9 N–H and O–H groups in total. The SMILES string of the molecule is NC(=O)N(N)C1CN(Cc2ccc(CNCc3ccccn3)cc2)CC1N(N)C(N)=O. The van der Waals surface area contributed by atoms with Crippen molar-refractivity contribution in [1.82, 2.24) is 25.2 Å². The molecular weight excluding hydrogens is 398 g/mol. The number of aromatic nitrogens is 1. The number of hydrazine groups is 2. The standard InChI is InChI=1S/C20H29N9O2/c21-19(30)28(23)17-12-27(13-18(17)29(24)20(22)31)11-15-6-4-14(5-7-15)9-25-10-16-3-1-2-8-26-16/h1-8,17-18,25H,9-13,23-24H2,(H2,21,30)(H2,22,31). The van der Waals surface area contributed by atoms with E-state index in [1.54, 1.807) is 6.20 Å². The smallest absolute Gasteiger partial charge is 0.329 e. The number of pyridine rings is 1. The van der Waals surface area contributed by atoms with E-state index in [0.717, 1.165) is 33.4 Å². The van der Waals surface area contributed by atoms with E-state index in [4.69, 9.17) is 23.2 Å². The lowest BCUT2D eigenvalue weighted by Gasteiger charge is -2.31. The number of nitrogens with two attached hydrogens (primary N) is 4. The molecule has 1 aliphatic heterocycles. The molecule has 3 rings (SSSR count). The first-order valence-corrected chi connectivity index (χ1v) is 9.92. The molecule has 2 heterocycles. The Bertz CT molecular complexity index is 850. The molecule has 2 atom stereocenters. The van der Waals surface area contributed by atoms with Gasteiger partial charge in [0.25, 0.3) is 0 Å². The number of benzene rings is 1. The summed E-state index contributed by atoms with van der Waals surface area (Å²) >= 11 is 0. The predicted octanol–water partition coefficient (Wildman–Crippen LogP) is -0.567. The summed E-state index contributed by atoms with van der Waals surface area (Å²) in [5.74, 6) is 11.6. The second-order valence-electron chi connectivity index (χ2n) is 7.56. The first-order valence-electron chi connectivity index (χ1n) is 9.92. The van der Waals surface area contributed by atoms with Gasteiger partial charge in [0.15, 0.2) is 0 Å². The highest BCUT2D eigenvalue weighted by molar-refractivity contribution is 5.73. The highest BCUT2D eigenvalue weighted by Gasteiger charge is 2.41. The molecule has 1 saturated heterocycles. The van der Waals surface area contributed by atoms with Gasteiger partial charge in [-0.1, -0.05) is 30.3 Å². The molecule has 31 heavy (non-hydrogen) atoms. The molecule has 0 bridgehead atoms. The van der Waals surface area contributed by atoms with Crippen LogP contribution in [0.5, 0.6) is 0 Å². The van der Waals surface area contributed by atoms with Crippen molar-refractivity contribution in [2.75, 3.05) is 13.1 Å². The van der Waals surface area contributed by atoms with Crippen molar-refractivity contribution in [3.63, 3.8) is 0 Å². The Morgan fingerprint density at radius 3 is 2.03 bits per heavy atom. The number of rotatable bonds is 8. The molecule has 0 radical (unpaired) electrons. The lowest BCUT2D eigenvalue weighted by Crippen LogP contribution is -2.61. The van der Waals surface area contributed by atoms with Crippen molar-refractivity contribution < 1.29 is 9.59 Å². The first kappa shape index (κ1) is 22.4. The van der Waals surface area contributed by atoms with Crippen LogP contribution < -0.4 is 28.5 Å². The van der Waals surface area contributed by atoms with E-state index in [9.17, 15) is 9.59 Å². The zero-order chi connectivity index (χ0) is 22.4. The fourth-order valence-electron chi connectivity index (χ4n) is 3.71. The van der Waals surface area contributed by atoms with Gasteiger partial charge in [-0.05, 0) is 23.3 Å². The molecule has 0 aliphatic carbocycles. The van der Waals surface area contributed by atoms with Gasteiger partial charge in [-0.25, -0.2) is 21.3 Å². The van der Waals surface area contributed by atoms with Crippen molar-refractivity contribution in [1.29, 1.82) is 0 Å². The Morgan fingerprint density at radius 2 is 1.52 bits per heavy atom. The Kier molecular flexibility index (Phi) is 7.36. The molecule has 1 aromatic carbocycles. The Labute approximate surface area is 180 Å². The largest absolute Gasteiger partial charge is 0.350 e. The number of carbonyl (C=O) groups is 2. The van der Waals surface area contributed by atoms with Gasteiger partial charge in [-0.3, -0.25) is 19.9 Å². The quantitative estimate of drug-likeness (QED) is 0.213. The van der Waals surface area contributed by atoms with E-state index in [2.05, 4.69) is 27.3 Å². The molecule has 1 aromatic heterocycles. The number of likely N-dealkylation sites (tertiary alicyclic amines) is 1. The molecule has 2 aromatic rings. The summed E-state index contributed by atoms with van der Waals surface area (Å²) in [4.78, 5) is 29.4. The molecule has 1 fully saturated rings. The second kappa shape index (κ2) is 10.2. The summed E-state index contributed by atoms with van der Waals surface area (Å²) in [5.41, 5.74) is 13.8. The van der Waals surface area contributed by atoms with E-state index in [1.165, 1.54) is 0 Å². The van der Waals surface area contributed by atoms with E-state index in [-0.39, 0.29) is 0 Å². The van der Waals surface area contributed by atoms with Crippen LogP contribution in [0.25, 0.3) is 0 Å². The average molecular weight is 428 g/mol. The van der Waals surface area contributed by atoms with Gasteiger partial charge in [0.1, 0.15) is 0 Å². The molecule has 1 aliphatic rings. The molecule has 0 saturated carbocycles. The van der Waals surface area contributed by atoms with Crippen LogP contribution in [-0.4, -0.2) is 57.1 Å². The number of primary amides is 2. The average Bonchev–Trinajstić information content (AvgIpc) is 3.18. The topological polar surface area (TPSA) is 173 Å². The van der Waals surface area contributed by atoms with Crippen molar-refractivity contribution in [3.05, 3.63) is 65.5 Å². The zero-order valence-corrected chi connectivity index (χ0v) is 17.2. The molecule has 2 unspecified atom stereocenters. The summed E-state index contributed by atoms with van der Waals surface area (Å²) < 4.78 is 0. The maximum atomic E-state index is 11.5. The summed E-state index contributed by atoms with van der Waals surface area (Å²) in [6.07, 6.45) is 1.78. The number of nitrogens with zero attached hydrogens (tertiary/aromatic N) is 4. The number of hydrogen-bond donors (Lipinski definition) is 5. The summed E-state index contributed by atoms with van der Waals surface area (Å²) in [7, 11) is 0. The number of nitrogens with one attached hydrogen (secondary N) is 1. The van der Waals surface area contributed by atoms with E-state index in [1.807, 2.05) is 30.3 Å². The highest BCUT2D eigenvalue weighted by Crippen LogP contribution is 2.20. The van der Waals surface area contributed by atoms with Crippen LogP contribution in [0.15, 0.2) is 48.7 Å². The van der Waals surface area contributed by atoms with Crippen molar-refractivity contribution in [3.8, 4) is 0 Å². The lowest BCUT2D eigenvalue weighted by molar-refractivity contribution is 0.135. The normalized spacial score (nSPS) is 18.6. The van der Waals surface area contributed by atoms with Crippen molar-refractivity contribution in [2.45, 2.75) is 31.7 Å². The van der Waals surface area contributed by atoms with Crippen molar-refractivity contribution >= 4 is 12.1 Å². The van der Waals surface area contributed by atoms with Crippen molar-refractivity contribution in [2.24, 2.45) is 23.2 Å². The maximum Gasteiger partial charge on any atom is 0.329 e. The summed E-state index contributed by atoms with van der Waals surface area (Å²) in [6, 6.07) is 11.4. The van der Waals surface area contributed by atoms with E-state index in [0.29, 0.717) is 26.2 Å². The molecule has 11 nitrogen and oxygen atoms in total. The third-order valence-corrected chi connectivity index (χ3v) is 5.35. The minimum Gasteiger partial charge on any atom is -0.350 e. The van der Waals surface area contributed by atoms with Crippen LogP contribution >= 0.6 is 0 Å². The van der Waals surface area contributed by atoms with Crippen LogP contribution in [0, 0.1) is 0 Å². The third kappa shape index (κ3) is 5.89. The second-order valence-corrected chi connectivity index (χ2v) is 7.56.